The SMILES string of the molecule is CCN1CCN(C(=O)CCN(c2ccc(NC(C)=O)cc2)S(C)(=O)=O)CC1. The second kappa shape index (κ2) is 9.18. The van der Waals surface area contributed by atoms with Crippen molar-refractivity contribution < 1.29 is 18.0 Å². The molecule has 1 aromatic carbocycles. The fourth-order valence-corrected chi connectivity index (χ4v) is 4.00. The van der Waals surface area contributed by atoms with Crippen LogP contribution in [0.15, 0.2) is 24.3 Å². The lowest BCUT2D eigenvalue weighted by atomic mass is 10.2. The zero-order valence-electron chi connectivity index (χ0n) is 16.1. The number of sulfonamides is 1. The maximum atomic E-state index is 12.5. The highest BCUT2D eigenvalue weighted by Crippen LogP contribution is 2.21. The van der Waals surface area contributed by atoms with E-state index in [1.165, 1.54) is 11.2 Å². The van der Waals surface area contributed by atoms with Gasteiger partial charge in [-0.2, -0.15) is 0 Å². The van der Waals surface area contributed by atoms with Crippen molar-refractivity contribution >= 4 is 33.2 Å². The van der Waals surface area contributed by atoms with Crippen molar-refractivity contribution in [2.24, 2.45) is 0 Å². The van der Waals surface area contributed by atoms with Crippen molar-refractivity contribution in [3.8, 4) is 0 Å². The highest BCUT2D eigenvalue weighted by Gasteiger charge is 2.23. The molecule has 0 bridgehead atoms. The monoisotopic (exact) mass is 396 g/mol. The van der Waals surface area contributed by atoms with Gasteiger partial charge in [-0.3, -0.25) is 13.9 Å². The molecule has 2 rings (SSSR count). The maximum absolute atomic E-state index is 12.5. The van der Waals surface area contributed by atoms with Gasteiger partial charge in [0.05, 0.1) is 11.9 Å². The number of nitrogens with one attached hydrogen (secondary N) is 1. The third-order valence-corrected chi connectivity index (χ3v) is 5.77. The van der Waals surface area contributed by atoms with E-state index in [1.807, 2.05) is 0 Å². The number of carbonyl (C=O) groups is 2. The Hall–Kier alpha value is -2.13. The summed E-state index contributed by atoms with van der Waals surface area (Å²) >= 11 is 0. The molecule has 150 valence electrons. The summed E-state index contributed by atoms with van der Waals surface area (Å²) in [5, 5.41) is 2.64. The summed E-state index contributed by atoms with van der Waals surface area (Å²) in [5.74, 6) is -0.231. The van der Waals surface area contributed by atoms with Crippen LogP contribution in [0.2, 0.25) is 0 Å². The van der Waals surface area contributed by atoms with Crippen LogP contribution in [0.4, 0.5) is 11.4 Å². The van der Waals surface area contributed by atoms with E-state index in [9.17, 15) is 18.0 Å². The molecule has 9 heteroatoms. The van der Waals surface area contributed by atoms with Gasteiger partial charge < -0.3 is 15.1 Å². The number of benzene rings is 1. The molecule has 1 heterocycles. The van der Waals surface area contributed by atoms with E-state index in [0.717, 1.165) is 25.9 Å². The van der Waals surface area contributed by atoms with Crippen LogP contribution in [0.1, 0.15) is 20.3 Å². The molecule has 1 N–H and O–H groups in total. The lowest BCUT2D eigenvalue weighted by molar-refractivity contribution is -0.132. The molecule has 0 aliphatic carbocycles. The summed E-state index contributed by atoms with van der Waals surface area (Å²) in [6, 6.07) is 6.52. The summed E-state index contributed by atoms with van der Waals surface area (Å²) < 4.78 is 25.6. The summed E-state index contributed by atoms with van der Waals surface area (Å²) in [6.45, 7) is 7.62. The Bertz CT molecular complexity index is 756. The molecule has 0 saturated carbocycles. The highest BCUT2D eigenvalue weighted by atomic mass is 32.2. The second-order valence-electron chi connectivity index (χ2n) is 6.63. The standard InChI is InChI=1S/C18H28N4O4S/c1-4-20-11-13-21(14-12-20)18(24)9-10-22(27(3,25)26)17-7-5-16(6-8-17)19-15(2)23/h5-8H,4,9-14H2,1-3H3,(H,19,23). The first-order valence-electron chi connectivity index (χ1n) is 9.06. The van der Waals surface area contributed by atoms with Crippen molar-refractivity contribution in [2.75, 3.05) is 55.1 Å². The predicted octanol–water partition coefficient (Wildman–Crippen LogP) is 0.965. The van der Waals surface area contributed by atoms with Gasteiger partial charge >= 0.3 is 0 Å². The third kappa shape index (κ3) is 6.21. The fraction of sp³-hybridized carbons (Fsp3) is 0.556. The smallest absolute Gasteiger partial charge is 0.232 e. The largest absolute Gasteiger partial charge is 0.340 e. The molecule has 0 aromatic heterocycles. The van der Waals surface area contributed by atoms with E-state index in [4.69, 9.17) is 0 Å². The van der Waals surface area contributed by atoms with Crippen molar-refractivity contribution in [1.82, 2.24) is 9.80 Å². The number of piperazine rings is 1. The second-order valence-corrected chi connectivity index (χ2v) is 8.54. The third-order valence-electron chi connectivity index (χ3n) is 4.58. The molecule has 0 unspecified atom stereocenters. The summed E-state index contributed by atoms with van der Waals surface area (Å²) in [7, 11) is -3.53. The number of anilines is 2. The van der Waals surface area contributed by atoms with Crippen molar-refractivity contribution in [2.45, 2.75) is 20.3 Å². The minimum Gasteiger partial charge on any atom is -0.340 e. The molecule has 2 amide bonds. The van der Waals surface area contributed by atoms with E-state index in [1.54, 1.807) is 29.2 Å². The van der Waals surface area contributed by atoms with Gasteiger partial charge in [-0.05, 0) is 30.8 Å². The van der Waals surface area contributed by atoms with E-state index >= 15 is 0 Å². The van der Waals surface area contributed by atoms with Crippen LogP contribution >= 0.6 is 0 Å². The number of nitrogens with zero attached hydrogens (tertiary/aromatic N) is 3. The number of hydrogen-bond acceptors (Lipinski definition) is 5. The summed E-state index contributed by atoms with van der Waals surface area (Å²) in [5.41, 5.74) is 1.06. The molecule has 1 aliphatic rings. The van der Waals surface area contributed by atoms with Gasteiger partial charge in [0.1, 0.15) is 0 Å². The van der Waals surface area contributed by atoms with Crippen LogP contribution in [0.25, 0.3) is 0 Å². The van der Waals surface area contributed by atoms with Gasteiger partial charge in [0.2, 0.25) is 21.8 Å². The normalized spacial score (nSPS) is 15.4. The van der Waals surface area contributed by atoms with Gasteiger partial charge in [-0.25, -0.2) is 8.42 Å². The van der Waals surface area contributed by atoms with Crippen LogP contribution in [-0.2, 0) is 19.6 Å². The topological polar surface area (TPSA) is 90.0 Å². The molecule has 1 aliphatic heterocycles. The summed E-state index contributed by atoms with van der Waals surface area (Å²) in [4.78, 5) is 27.6. The molecule has 8 nitrogen and oxygen atoms in total. The van der Waals surface area contributed by atoms with Crippen LogP contribution in [0, 0.1) is 0 Å². The summed E-state index contributed by atoms with van der Waals surface area (Å²) in [6.07, 6.45) is 1.26. The number of rotatable bonds is 7. The lowest BCUT2D eigenvalue weighted by Crippen LogP contribution is -2.49. The van der Waals surface area contributed by atoms with Gasteiger partial charge in [0, 0.05) is 51.8 Å². The average Bonchev–Trinajstić information content (AvgIpc) is 2.61. The Morgan fingerprint density at radius 1 is 1.11 bits per heavy atom. The molecule has 1 aromatic rings. The lowest BCUT2D eigenvalue weighted by Gasteiger charge is -2.34. The van der Waals surface area contributed by atoms with Crippen molar-refractivity contribution in [3.63, 3.8) is 0 Å². The highest BCUT2D eigenvalue weighted by molar-refractivity contribution is 7.92. The first-order valence-corrected chi connectivity index (χ1v) is 10.9. The molecule has 0 radical (unpaired) electrons. The van der Waals surface area contributed by atoms with Crippen LogP contribution in [0.5, 0.6) is 0 Å². The van der Waals surface area contributed by atoms with Crippen molar-refractivity contribution in [3.05, 3.63) is 24.3 Å². The first-order chi connectivity index (χ1) is 12.7. The van der Waals surface area contributed by atoms with Gasteiger partial charge in [-0.15, -0.1) is 0 Å². The Kier molecular flexibility index (Phi) is 7.20. The Labute approximate surface area is 161 Å². The molecule has 1 fully saturated rings. The minimum atomic E-state index is -3.53. The molecule has 1 saturated heterocycles. The zero-order valence-corrected chi connectivity index (χ0v) is 17.0. The number of likely N-dealkylation sites (N-methyl/N-ethyl adjacent to an activating group) is 1. The Morgan fingerprint density at radius 3 is 2.19 bits per heavy atom. The minimum absolute atomic E-state index is 0.0331. The fourth-order valence-electron chi connectivity index (χ4n) is 3.07. The number of carbonyl (C=O) groups excluding carboxylic acids is 2. The molecule has 0 spiro atoms. The maximum Gasteiger partial charge on any atom is 0.232 e. The van der Waals surface area contributed by atoms with Crippen LogP contribution in [-0.4, -0.2) is 75.6 Å². The molecular formula is C18H28N4O4S. The van der Waals surface area contributed by atoms with E-state index in [2.05, 4.69) is 17.1 Å². The van der Waals surface area contributed by atoms with Crippen LogP contribution < -0.4 is 9.62 Å². The average molecular weight is 397 g/mol. The Morgan fingerprint density at radius 2 is 1.70 bits per heavy atom. The first kappa shape index (κ1) is 21.2. The molecule has 27 heavy (non-hydrogen) atoms. The van der Waals surface area contributed by atoms with Crippen molar-refractivity contribution in [1.29, 1.82) is 0 Å². The van der Waals surface area contributed by atoms with Gasteiger partial charge in [0.25, 0.3) is 0 Å². The van der Waals surface area contributed by atoms with Gasteiger partial charge in [0.15, 0.2) is 0 Å². The van der Waals surface area contributed by atoms with Gasteiger partial charge in [-0.1, -0.05) is 6.92 Å². The number of amides is 2. The predicted molar refractivity (Wildman–Crippen MR) is 106 cm³/mol. The van der Waals surface area contributed by atoms with E-state index in [0.29, 0.717) is 24.5 Å². The van der Waals surface area contributed by atoms with Crippen LogP contribution in [0.3, 0.4) is 0 Å². The van der Waals surface area contributed by atoms with E-state index < -0.39 is 10.0 Å². The number of hydrogen-bond donors (Lipinski definition) is 1. The zero-order chi connectivity index (χ0) is 20.0. The Balaban J connectivity index is 2.01. The quantitative estimate of drug-likeness (QED) is 0.742. The molecule has 0 atom stereocenters. The van der Waals surface area contributed by atoms with E-state index in [-0.39, 0.29) is 24.8 Å². The molecular weight excluding hydrogens is 368 g/mol.